The fraction of sp³-hybridized carbons (Fsp3) is 0.429. The van der Waals surface area contributed by atoms with Gasteiger partial charge in [-0.3, -0.25) is 14.6 Å². The van der Waals surface area contributed by atoms with Crippen LogP contribution in [0, 0.1) is 6.92 Å². The summed E-state index contributed by atoms with van der Waals surface area (Å²) >= 11 is 6.24. The lowest BCUT2D eigenvalue weighted by molar-refractivity contribution is -0.135. The van der Waals surface area contributed by atoms with E-state index >= 15 is 0 Å². The van der Waals surface area contributed by atoms with E-state index in [1.54, 1.807) is 6.07 Å². The van der Waals surface area contributed by atoms with Crippen molar-refractivity contribution < 1.29 is 9.59 Å². The molecular formula is C28H35ClN4O2. The third kappa shape index (κ3) is 5.71. The van der Waals surface area contributed by atoms with Crippen molar-refractivity contribution >= 4 is 29.1 Å². The van der Waals surface area contributed by atoms with Gasteiger partial charge in [0.15, 0.2) is 0 Å². The van der Waals surface area contributed by atoms with Crippen molar-refractivity contribution in [1.29, 1.82) is 0 Å². The number of fused-ring (bicyclic) bond motifs is 3. The van der Waals surface area contributed by atoms with Crippen LogP contribution in [0.25, 0.3) is 0 Å². The first-order chi connectivity index (χ1) is 17.0. The lowest BCUT2D eigenvalue weighted by Crippen LogP contribution is -2.56. The van der Waals surface area contributed by atoms with Crippen LogP contribution in [0.4, 0.5) is 5.69 Å². The van der Waals surface area contributed by atoms with Crippen LogP contribution in [0.2, 0.25) is 5.02 Å². The first-order valence-electron chi connectivity index (χ1n) is 12.7. The molecule has 2 aromatic carbocycles. The number of nitrogens with zero attached hydrogens (tertiary/aromatic N) is 2. The molecule has 0 aliphatic carbocycles. The second-order valence-electron chi connectivity index (χ2n) is 9.23. The number of halogens is 1. The van der Waals surface area contributed by atoms with E-state index in [-0.39, 0.29) is 23.9 Å². The molecule has 186 valence electrons. The average Bonchev–Trinajstić information content (AvgIpc) is 3.30. The Morgan fingerprint density at radius 2 is 1.80 bits per heavy atom. The van der Waals surface area contributed by atoms with E-state index < -0.39 is 0 Å². The van der Waals surface area contributed by atoms with Gasteiger partial charge in [0.2, 0.25) is 5.91 Å². The van der Waals surface area contributed by atoms with E-state index in [2.05, 4.69) is 46.9 Å². The highest BCUT2D eigenvalue weighted by Crippen LogP contribution is 2.36. The summed E-state index contributed by atoms with van der Waals surface area (Å²) in [5.74, 6) is 0.0364. The highest BCUT2D eigenvalue weighted by molar-refractivity contribution is 6.31. The Balaban J connectivity index is 0.00000141. The molecular weight excluding hydrogens is 460 g/mol. The second-order valence-corrected chi connectivity index (χ2v) is 9.67. The minimum atomic E-state index is -0.209. The molecule has 5 rings (SSSR count). The van der Waals surface area contributed by atoms with Crippen molar-refractivity contribution in [1.82, 2.24) is 15.3 Å². The van der Waals surface area contributed by atoms with E-state index in [9.17, 15) is 9.59 Å². The van der Waals surface area contributed by atoms with E-state index in [0.717, 1.165) is 36.8 Å². The molecule has 6 nitrogen and oxygen atoms in total. The van der Waals surface area contributed by atoms with Crippen LogP contribution in [0.3, 0.4) is 0 Å². The summed E-state index contributed by atoms with van der Waals surface area (Å²) in [4.78, 5) is 27.9. The van der Waals surface area contributed by atoms with Crippen molar-refractivity contribution in [2.75, 3.05) is 11.9 Å². The summed E-state index contributed by atoms with van der Waals surface area (Å²) in [5.41, 5.74) is 8.19. The summed E-state index contributed by atoms with van der Waals surface area (Å²) in [6.07, 6.45) is 6.29. The predicted octanol–water partition coefficient (Wildman–Crippen LogP) is 5.73. The fourth-order valence-corrected chi connectivity index (χ4v) is 5.12. The molecule has 0 saturated carbocycles. The third-order valence-corrected chi connectivity index (χ3v) is 6.96. The SMILES string of the molecule is CC.Cc1ccc(CN2CC3CCCCCC(=O)Nc4cc(Cl)ccc4C4C=C(C2=O)N3N4)cc1. The number of anilines is 1. The molecule has 1 saturated heterocycles. The highest BCUT2D eigenvalue weighted by atomic mass is 35.5. The van der Waals surface area contributed by atoms with Gasteiger partial charge in [0.05, 0.1) is 12.1 Å². The molecule has 3 aliphatic rings. The number of hydrogen-bond acceptors (Lipinski definition) is 4. The molecule has 0 aromatic heterocycles. The van der Waals surface area contributed by atoms with Crippen molar-refractivity contribution in [3.63, 3.8) is 0 Å². The summed E-state index contributed by atoms with van der Waals surface area (Å²) in [5, 5.41) is 5.67. The number of piperazine rings is 1. The van der Waals surface area contributed by atoms with Gasteiger partial charge in [-0.15, -0.1) is 0 Å². The van der Waals surface area contributed by atoms with E-state index in [1.165, 1.54) is 5.56 Å². The van der Waals surface area contributed by atoms with Gasteiger partial charge in [-0.05, 0) is 49.1 Å². The van der Waals surface area contributed by atoms with Crippen molar-refractivity contribution in [2.24, 2.45) is 0 Å². The number of amides is 2. The van der Waals surface area contributed by atoms with Gasteiger partial charge in [0.25, 0.3) is 5.91 Å². The molecule has 0 radical (unpaired) electrons. The standard InChI is InChI=1S/C26H29ClN4O2.C2H6/c1-17-7-9-18(10-8-17)15-30-16-20-5-3-2-4-6-25(32)28-22-13-19(27)11-12-21(22)23-14-24(26(30)33)31(20)29-23;1-2/h7-14,20,23,29H,2-6,15-16H2,1H3,(H,28,32);1-2H3. The first kappa shape index (κ1) is 25.3. The maximum atomic E-state index is 13.5. The Hall–Kier alpha value is -2.83. The lowest BCUT2D eigenvalue weighted by atomic mass is 10.0. The van der Waals surface area contributed by atoms with Gasteiger partial charge >= 0.3 is 0 Å². The number of carbonyl (C=O) groups excluding carboxylic acids is 2. The Bertz CT molecular complexity index is 1100. The zero-order chi connectivity index (χ0) is 24.9. The van der Waals surface area contributed by atoms with Gasteiger partial charge in [-0.1, -0.05) is 74.2 Å². The number of nitrogens with one attached hydrogen (secondary N) is 2. The number of aryl methyl sites for hydroxylation is 1. The first-order valence-corrected chi connectivity index (χ1v) is 13.1. The summed E-state index contributed by atoms with van der Waals surface area (Å²) in [6.45, 7) is 7.35. The maximum Gasteiger partial charge on any atom is 0.271 e. The Morgan fingerprint density at radius 3 is 2.57 bits per heavy atom. The van der Waals surface area contributed by atoms with Gasteiger partial charge in [0.1, 0.15) is 5.70 Å². The zero-order valence-electron chi connectivity index (χ0n) is 20.8. The third-order valence-electron chi connectivity index (χ3n) is 6.72. The van der Waals surface area contributed by atoms with Crippen LogP contribution in [-0.2, 0) is 16.1 Å². The van der Waals surface area contributed by atoms with Crippen molar-refractivity contribution in [3.8, 4) is 0 Å². The molecule has 2 aromatic rings. The Morgan fingerprint density at radius 1 is 1.03 bits per heavy atom. The molecule has 2 atom stereocenters. The molecule has 7 heteroatoms. The number of rotatable bonds is 2. The highest BCUT2D eigenvalue weighted by Gasteiger charge is 2.41. The molecule has 35 heavy (non-hydrogen) atoms. The quantitative estimate of drug-likeness (QED) is 0.559. The summed E-state index contributed by atoms with van der Waals surface area (Å²) in [7, 11) is 0. The zero-order valence-corrected chi connectivity index (χ0v) is 21.6. The largest absolute Gasteiger partial charge is 0.331 e. The predicted molar refractivity (Wildman–Crippen MR) is 141 cm³/mol. The second kappa shape index (κ2) is 11.3. The van der Waals surface area contributed by atoms with E-state index in [0.29, 0.717) is 35.9 Å². The Labute approximate surface area is 213 Å². The van der Waals surface area contributed by atoms with Crippen LogP contribution in [-0.4, -0.2) is 34.3 Å². The smallest absolute Gasteiger partial charge is 0.271 e. The molecule has 2 amide bonds. The van der Waals surface area contributed by atoms with Crippen LogP contribution in [0.15, 0.2) is 54.2 Å². The number of benzene rings is 2. The van der Waals surface area contributed by atoms with Gasteiger partial charge in [0, 0.05) is 30.2 Å². The molecule has 1 fully saturated rings. The fourth-order valence-electron chi connectivity index (χ4n) is 4.95. The number of hydrazine groups is 1. The van der Waals surface area contributed by atoms with Gasteiger partial charge in [-0.25, -0.2) is 5.43 Å². The number of carbonyl (C=O) groups is 2. The van der Waals surface area contributed by atoms with Crippen molar-refractivity contribution in [2.45, 2.75) is 71.5 Å². The van der Waals surface area contributed by atoms with Crippen LogP contribution in [0.1, 0.15) is 68.7 Å². The van der Waals surface area contributed by atoms with Crippen molar-refractivity contribution in [3.05, 3.63) is 76.0 Å². The minimum Gasteiger partial charge on any atom is -0.331 e. The Kier molecular flexibility index (Phi) is 8.14. The normalized spacial score (nSPS) is 22.0. The molecule has 2 unspecified atom stereocenters. The molecule has 3 heterocycles. The number of hydrogen-bond donors (Lipinski definition) is 2. The van der Waals surface area contributed by atoms with Gasteiger partial charge < -0.3 is 10.2 Å². The summed E-state index contributed by atoms with van der Waals surface area (Å²) < 4.78 is 0. The van der Waals surface area contributed by atoms with Gasteiger partial charge in [-0.2, -0.15) is 0 Å². The van der Waals surface area contributed by atoms with Crippen LogP contribution >= 0.6 is 11.6 Å². The maximum absolute atomic E-state index is 13.5. The monoisotopic (exact) mass is 494 g/mol. The summed E-state index contributed by atoms with van der Waals surface area (Å²) in [6, 6.07) is 13.9. The van der Waals surface area contributed by atoms with E-state index in [4.69, 9.17) is 11.6 Å². The molecule has 0 spiro atoms. The molecule has 2 N–H and O–H groups in total. The molecule has 3 aliphatic heterocycles. The van der Waals surface area contributed by atoms with Crippen LogP contribution in [0.5, 0.6) is 0 Å². The lowest BCUT2D eigenvalue weighted by Gasteiger charge is -2.41. The minimum absolute atomic E-state index is 0.000753. The molecule has 2 bridgehead atoms. The van der Waals surface area contributed by atoms with Crippen LogP contribution < -0.4 is 10.7 Å². The topological polar surface area (TPSA) is 64.7 Å². The van der Waals surface area contributed by atoms with E-state index in [1.807, 2.05) is 37.0 Å². The average molecular weight is 495 g/mol.